The van der Waals surface area contributed by atoms with E-state index in [1.54, 1.807) is 18.2 Å². The SMILES string of the molecule is C#CCOC(=O)c1ccc(N)c(OCCCCC)c1. The van der Waals surface area contributed by atoms with Gasteiger partial charge in [-0.25, -0.2) is 4.79 Å². The molecule has 0 aliphatic heterocycles. The molecule has 4 nitrogen and oxygen atoms in total. The fourth-order valence-electron chi connectivity index (χ4n) is 1.51. The quantitative estimate of drug-likeness (QED) is 0.355. The third-order valence-corrected chi connectivity index (χ3v) is 2.54. The van der Waals surface area contributed by atoms with Crippen molar-refractivity contribution in [2.24, 2.45) is 0 Å². The molecule has 0 radical (unpaired) electrons. The van der Waals surface area contributed by atoms with Gasteiger partial charge in [0.1, 0.15) is 5.75 Å². The Hall–Kier alpha value is -2.15. The number of nitrogen functional groups attached to an aromatic ring is 1. The lowest BCUT2D eigenvalue weighted by atomic mass is 10.2. The maximum absolute atomic E-state index is 11.6. The van der Waals surface area contributed by atoms with Crippen molar-refractivity contribution in [2.45, 2.75) is 26.2 Å². The fourth-order valence-corrected chi connectivity index (χ4v) is 1.51. The molecule has 1 aromatic carbocycles. The molecule has 0 amide bonds. The van der Waals surface area contributed by atoms with Crippen molar-refractivity contribution < 1.29 is 14.3 Å². The van der Waals surface area contributed by atoms with E-state index in [0.717, 1.165) is 19.3 Å². The number of ether oxygens (including phenoxy) is 2. The van der Waals surface area contributed by atoms with Gasteiger partial charge in [0.25, 0.3) is 0 Å². The van der Waals surface area contributed by atoms with Crippen LogP contribution in [0.15, 0.2) is 18.2 Å². The Kier molecular flexibility index (Phi) is 6.31. The van der Waals surface area contributed by atoms with Crippen LogP contribution < -0.4 is 10.5 Å². The lowest BCUT2D eigenvalue weighted by Gasteiger charge is -2.10. The molecule has 0 unspecified atom stereocenters. The number of rotatable bonds is 7. The van der Waals surface area contributed by atoms with Crippen LogP contribution in [-0.2, 0) is 4.74 Å². The number of benzene rings is 1. The molecular weight excluding hydrogens is 242 g/mol. The van der Waals surface area contributed by atoms with Gasteiger partial charge in [0.05, 0.1) is 17.9 Å². The Bertz CT molecular complexity index is 463. The lowest BCUT2D eigenvalue weighted by Crippen LogP contribution is -2.07. The van der Waals surface area contributed by atoms with Crippen LogP contribution in [0, 0.1) is 12.3 Å². The molecule has 19 heavy (non-hydrogen) atoms. The molecular formula is C15H19NO3. The molecule has 2 N–H and O–H groups in total. The molecule has 0 atom stereocenters. The van der Waals surface area contributed by atoms with Crippen molar-refractivity contribution >= 4 is 11.7 Å². The minimum absolute atomic E-state index is 0.0457. The highest BCUT2D eigenvalue weighted by Crippen LogP contribution is 2.23. The summed E-state index contributed by atoms with van der Waals surface area (Å²) in [5.74, 6) is 2.27. The first-order valence-corrected chi connectivity index (χ1v) is 6.32. The predicted octanol–water partition coefficient (Wildman–Crippen LogP) is 2.63. The Morgan fingerprint density at radius 3 is 2.89 bits per heavy atom. The number of terminal acetylenes is 1. The van der Waals surface area contributed by atoms with Crippen LogP contribution in [-0.4, -0.2) is 19.2 Å². The molecule has 0 spiro atoms. The van der Waals surface area contributed by atoms with E-state index in [9.17, 15) is 4.79 Å². The summed E-state index contributed by atoms with van der Waals surface area (Å²) in [4.78, 5) is 11.6. The average Bonchev–Trinajstić information content (AvgIpc) is 2.42. The first-order valence-electron chi connectivity index (χ1n) is 6.32. The van der Waals surface area contributed by atoms with Crippen molar-refractivity contribution in [3.05, 3.63) is 23.8 Å². The second kappa shape index (κ2) is 8.04. The van der Waals surface area contributed by atoms with E-state index in [0.29, 0.717) is 23.6 Å². The highest BCUT2D eigenvalue weighted by molar-refractivity contribution is 5.90. The summed E-state index contributed by atoms with van der Waals surface area (Å²) in [6.07, 6.45) is 8.21. The minimum Gasteiger partial charge on any atom is -0.491 e. The van der Waals surface area contributed by atoms with Gasteiger partial charge in [0, 0.05) is 0 Å². The second-order valence-corrected chi connectivity index (χ2v) is 4.09. The third kappa shape index (κ3) is 4.92. The van der Waals surface area contributed by atoms with E-state index in [-0.39, 0.29) is 6.61 Å². The van der Waals surface area contributed by atoms with Gasteiger partial charge in [0.15, 0.2) is 6.61 Å². The zero-order valence-corrected chi connectivity index (χ0v) is 11.1. The summed E-state index contributed by atoms with van der Waals surface area (Å²) in [7, 11) is 0. The number of nitrogens with two attached hydrogens (primary N) is 1. The summed E-state index contributed by atoms with van der Waals surface area (Å²) in [5.41, 5.74) is 6.68. The molecule has 1 rings (SSSR count). The van der Waals surface area contributed by atoms with Crippen LogP contribution in [0.4, 0.5) is 5.69 Å². The molecule has 0 aliphatic rings. The zero-order valence-electron chi connectivity index (χ0n) is 11.1. The van der Waals surface area contributed by atoms with Crippen LogP contribution in [0.5, 0.6) is 5.75 Å². The average molecular weight is 261 g/mol. The molecule has 0 fully saturated rings. The molecule has 0 heterocycles. The van der Waals surface area contributed by atoms with Gasteiger partial charge >= 0.3 is 5.97 Å². The van der Waals surface area contributed by atoms with Crippen molar-refractivity contribution in [3.8, 4) is 18.1 Å². The normalized spacial score (nSPS) is 9.68. The summed E-state index contributed by atoms with van der Waals surface area (Å²) in [5, 5.41) is 0. The zero-order chi connectivity index (χ0) is 14.1. The Morgan fingerprint density at radius 2 is 2.21 bits per heavy atom. The van der Waals surface area contributed by atoms with Gasteiger partial charge in [-0.15, -0.1) is 6.42 Å². The Morgan fingerprint density at radius 1 is 1.42 bits per heavy atom. The first-order chi connectivity index (χ1) is 9.19. The number of hydrogen-bond donors (Lipinski definition) is 1. The van der Waals surface area contributed by atoms with Crippen molar-refractivity contribution in [1.82, 2.24) is 0 Å². The highest BCUT2D eigenvalue weighted by atomic mass is 16.5. The molecule has 0 bridgehead atoms. The number of hydrogen-bond acceptors (Lipinski definition) is 4. The van der Waals surface area contributed by atoms with E-state index < -0.39 is 5.97 Å². The minimum atomic E-state index is -0.476. The number of anilines is 1. The van der Waals surface area contributed by atoms with Crippen molar-refractivity contribution in [2.75, 3.05) is 18.9 Å². The standard InChI is InChI=1S/C15H19NO3/c1-3-5-6-10-18-14-11-12(7-8-13(14)16)15(17)19-9-4-2/h2,7-8,11H,3,5-6,9-10,16H2,1H3. The number of unbranched alkanes of at least 4 members (excludes halogenated alkanes) is 2. The second-order valence-electron chi connectivity index (χ2n) is 4.09. The van der Waals surface area contributed by atoms with Gasteiger partial charge in [-0.3, -0.25) is 0 Å². The molecule has 102 valence electrons. The van der Waals surface area contributed by atoms with Gasteiger partial charge in [-0.1, -0.05) is 25.7 Å². The molecule has 0 saturated heterocycles. The highest BCUT2D eigenvalue weighted by Gasteiger charge is 2.10. The van der Waals surface area contributed by atoms with Crippen molar-refractivity contribution in [3.63, 3.8) is 0 Å². The first kappa shape index (κ1) is 14.9. The molecule has 0 aromatic heterocycles. The largest absolute Gasteiger partial charge is 0.491 e. The maximum atomic E-state index is 11.6. The number of carbonyl (C=O) groups is 1. The van der Waals surface area contributed by atoms with Crippen LogP contribution in [0.1, 0.15) is 36.5 Å². The van der Waals surface area contributed by atoms with Gasteiger partial charge in [0.2, 0.25) is 0 Å². The summed E-state index contributed by atoms with van der Waals surface area (Å²) >= 11 is 0. The van der Waals surface area contributed by atoms with E-state index in [4.69, 9.17) is 21.6 Å². The molecule has 1 aromatic rings. The smallest absolute Gasteiger partial charge is 0.339 e. The molecule has 0 saturated carbocycles. The van der Waals surface area contributed by atoms with Gasteiger partial charge in [-0.05, 0) is 24.6 Å². The summed E-state index contributed by atoms with van der Waals surface area (Å²) in [6, 6.07) is 4.80. The topological polar surface area (TPSA) is 61.5 Å². The monoisotopic (exact) mass is 261 g/mol. The van der Waals surface area contributed by atoms with E-state index in [1.807, 2.05) is 0 Å². The van der Waals surface area contributed by atoms with Crippen LogP contribution >= 0.6 is 0 Å². The summed E-state index contributed by atoms with van der Waals surface area (Å²) < 4.78 is 10.4. The Labute approximate surface area is 113 Å². The van der Waals surface area contributed by atoms with Gasteiger partial charge in [-0.2, -0.15) is 0 Å². The van der Waals surface area contributed by atoms with Crippen LogP contribution in [0.2, 0.25) is 0 Å². The van der Waals surface area contributed by atoms with E-state index in [1.165, 1.54) is 0 Å². The summed E-state index contributed by atoms with van der Waals surface area (Å²) in [6.45, 7) is 2.66. The lowest BCUT2D eigenvalue weighted by molar-refractivity contribution is 0.0556. The van der Waals surface area contributed by atoms with Gasteiger partial charge < -0.3 is 15.2 Å². The van der Waals surface area contributed by atoms with Crippen LogP contribution in [0.25, 0.3) is 0 Å². The Balaban J connectivity index is 2.66. The van der Waals surface area contributed by atoms with E-state index in [2.05, 4.69) is 12.8 Å². The van der Waals surface area contributed by atoms with Crippen molar-refractivity contribution in [1.29, 1.82) is 0 Å². The predicted molar refractivity (Wildman–Crippen MR) is 75.0 cm³/mol. The van der Waals surface area contributed by atoms with Crippen LogP contribution in [0.3, 0.4) is 0 Å². The number of esters is 1. The molecule has 0 aliphatic carbocycles. The fraction of sp³-hybridized carbons (Fsp3) is 0.400. The van der Waals surface area contributed by atoms with E-state index >= 15 is 0 Å². The molecule has 4 heteroatoms. The number of carbonyl (C=O) groups excluding carboxylic acids is 1. The maximum Gasteiger partial charge on any atom is 0.339 e. The third-order valence-electron chi connectivity index (χ3n) is 2.54.